The fourth-order valence-electron chi connectivity index (χ4n) is 2.25. The molecule has 1 saturated heterocycles. The third-order valence-electron chi connectivity index (χ3n) is 3.39. The molecule has 1 aliphatic rings. The minimum Gasteiger partial charge on any atom is -0.480 e. The molecule has 1 heterocycles. The Morgan fingerprint density at radius 2 is 2.11 bits per heavy atom. The Hall–Kier alpha value is -1.30. The fraction of sp³-hybridized carbons (Fsp3) is 0.846. The topological polar surface area (TPSA) is 70.1 Å². The average Bonchev–Trinajstić information content (AvgIpc) is 2.63. The van der Waals surface area contributed by atoms with Gasteiger partial charge < -0.3 is 19.6 Å². The highest BCUT2D eigenvalue weighted by atomic mass is 16.5. The molecule has 0 radical (unpaired) electrons. The number of likely N-dealkylation sites (tertiary alicyclic amines) is 1. The van der Waals surface area contributed by atoms with E-state index < -0.39 is 12.0 Å². The summed E-state index contributed by atoms with van der Waals surface area (Å²) >= 11 is 0. The number of amides is 2. The van der Waals surface area contributed by atoms with Crippen molar-refractivity contribution in [3.8, 4) is 0 Å². The van der Waals surface area contributed by atoms with Gasteiger partial charge in [0.25, 0.3) is 0 Å². The second kappa shape index (κ2) is 7.99. The van der Waals surface area contributed by atoms with Crippen LogP contribution in [0.1, 0.15) is 32.6 Å². The van der Waals surface area contributed by atoms with Crippen molar-refractivity contribution in [2.24, 2.45) is 0 Å². The molecule has 0 aromatic heterocycles. The van der Waals surface area contributed by atoms with Crippen molar-refractivity contribution in [2.75, 3.05) is 33.4 Å². The number of carbonyl (C=O) groups is 2. The van der Waals surface area contributed by atoms with Crippen molar-refractivity contribution >= 4 is 12.0 Å². The molecule has 0 saturated carbocycles. The van der Waals surface area contributed by atoms with Crippen LogP contribution in [0.4, 0.5) is 4.79 Å². The van der Waals surface area contributed by atoms with Gasteiger partial charge in [-0.05, 0) is 19.8 Å². The molecular formula is C13H24N2O4. The number of carboxylic acid groups (broad SMARTS) is 1. The number of carboxylic acids is 1. The van der Waals surface area contributed by atoms with E-state index in [1.54, 1.807) is 7.05 Å². The van der Waals surface area contributed by atoms with Crippen LogP contribution in [0.5, 0.6) is 0 Å². The molecule has 0 spiro atoms. The summed E-state index contributed by atoms with van der Waals surface area (Å²) in [5.41, 5.74) is 0. The Labute approximate surface area is 114 Å². The fourth-order valence-corrected chi connectivity index (χ4v) is 2.25. The van der Waals surface area contributed by atoms with Gasteiger partial charge in [0, 0.05) is 26.7 Å². The number of aliphatic carboxylic acids is 1. The monoisotopic (exact) mass is 272 g/mol. The molecule has 19 heavy (non-hydrogen) atoms. The molecule has 1 unspecified atom stereocenters. The van der Waals surface area contributed by atoms with Gasteiger partial charge in [-0.2, -0.15) is 0 Å². The molecule has 0 aromatic rings. The maximum absolute atomic E-state index is 12.3. The van der Waals surface area contributed by atoms with Gasteiger partial charge >= 0.3 is 12.0 Å². The summed E-state index contributed by atoms with van der Waals surface area (Å²) in [6, 6.07) is -0.904. The van der Waals surface area contributed by atoms with E-state index in [0.717, 1.165) is 19.3 Å². The number of likely N-dealkylation sites (N-methyl/N-ethyl adjacent to an activating group) is 1. The SMILES string of the molecule is CCOCCN(C)C(=O)N1CCCCCC1C(=O)O. The zero-order chi connectivity index (χ0) is 14.3. The Balaban J connectivity index is 2.61. The smallest absolute Gasteiger partial charge is 0.326 e. The van der Waals surface area contributed by atoms with Gasteiger partial charge in [0.15, 0.2) is 0 Å². The van der Waals surface area contributed by atoms with Crippen molar-refractivity contribution in [1.82, 2.24) is 9.80 Å². The summed E-state index contributed by atoms with van der Waals surface area (Å²) in [5, 5.41) is 9.24. The van der Waals surface area contributed by atoms with Crippen LogP contribution in [-0.4, -0.2) is 66.3 Å². The number of carbonyl (C=O) groups excluding carboxylic acids is 1. The second-order valence-corrected chi connectivity index (χ2v) is 4.80. The summed E-state index contributed by atoms with van der Waals surface area (Å²) in [7, 11) is 1.69. The summed E-state index contributed by atoms with van der Waals surface area (Å²) < 4.78 is 5.21. The van der Waals surface area contributed by atoms with Crippen LogP contribution in [0, 0.1) is 0 Å². The zero-order valence-corrected chi connectivity index (χ0v) is 11.8. The number of urea groups is 1. The molecule has 1 atom stereocenters. The lowest BCUT2D eigenvalue weighted by atomic mass is 10.1. The van der Waals surface area contributed by atoms with Crippen LogP contribution in [0.15, 0.2) is 0 Å². The molecule has 1 aliphatic heterocycles. The molecule has 2 amide bonds. The van der Waals surface area contributed by atoms with Gasteiger partial charge in [0.1, 0.15) is 6.04 Å². The molecule has 6 heteroatoms. The first kappa shape index (κ1) is 15.8. The lowest BCUT2D eigenvalue weighted by Crippen LogP contribution is -2.50. The van der Waals surface area contributed by atoms with Gasteiger partial charge in [0.2, 0.25) is 0 Å². The van der Waals surface area contributed by atoms with E-state index in [1.807, 2.05) is 6.92 Å². The molecule has 1 N–H and O–H groups in total. The number of rotatable bonds is 5. The van der Waals surface area contributed by atoms with E-state index in [0.29, 0.717) is 32.7 Å². The molecule has 1 fully saturated rings. The Bertz CT molecular complexity index is 309. The number of hydrogen-bond acceptors (Lipinski definition) is 3. The van der Waals surface area contributed by atoms with E-state index in [2.05, 4.69) is 0 Å². The Morgan fingerprint density at radius 3 is 2.74 bits per heavy atom. The van der Waals surface area contributed by atoms with E-state index >= 15 is 0 Å². The van der Waals surface area contributed by atoms with Crippen LogP contribution in [0.25, 0.3) is 0 Å². The van der Waals surface area contributed by atoms with Gasteiger partial charge in [-0.15, -0.1) is 0 Å². The Kier molecular flexibility index (Phi) is 6.62. The average molecular weight is 272 g/mol. The van der Waals surface area contributed by atoms with Crippen LogP contribution >= 0.6 is 0 Å². The van der Waals surface area contributed by atoms with Gasteiger partial charge in [0.05, 0.1) is 6.61 Å². The minimum atomic E-state index is -0.909. The summed E-state index contributed by atoms with van der Waals surface area (Å²) in [6.07, 6.45) is 3.26. The van der Waals surface area contributed by atoms with Crippen molar-refractivity contribution < 1.29 is 19.4 Å². The van der Waals surface area contributed by atoms with E-state index in [4.69, 9.17) is 4.74 Å². The predicted octanol–water partition coefficient (Wildman–Crippen LogP) is 1.40. The van der Waals surface area contributed by atoms with Crippen LogP contribution in [-0.2, 0) is 9.53 Å². The number of nitrogens with zero attached hydrogens (tertiary/aromatic N) is 2. The third kappa shape index (κ3) is 4.70. The van der Waals surface area contributed by atoms with Crippen molar-refractivity contribution in [2.45, 2.75) is 38.6 Å². The van der Waals surface area contributed by atoms with Crippen LogP contribution in [0.3, 0.4) is 0 Å². The molecule has 0 aliphatic carbocycles. The van der Waals surface area contributed by atoms with E-state index in [1.165, 1.54) is 9.80 Å². The minimum absolute atomic E-state index is 0.214. The third-order valence-corrected chi connectivity index (χ3v) is 3.39. The van der Waals surface area contributed by atoms with Crippen molar-refractivity contribution in [3.63, 3.8) is 0 Å². The standard InChI is InChI=1S/C13H24N2O4/c1-3-19-10-9-14(2)13(18)15-8-6-4-5-7-11(15)12(16)17/h11H,3-10H2,1-2H3,(H,16,17). The lowest BCUT2D eigenvalue weighted by molar-refractivity contribution is -0.142. The first-order valence-electron chi connectivity index (χ1n) is 6.90. The highest BCUT2D eigenvalue weighted by Gasteiger charge is 2.32. The summed E-state index contributed by atoms with van der Waals surface area (Å²) in [6.45, 7) is 4.00. The molecule has 110 valence electrons. The van der Waals surface area contributed by atoms with Crippen LogP contribution in [0.2, 0.25) is 0 Å². The van der Waals surface area contributed by atoms with E-state index in [9.17, 15) is 14.7 Å². The first-order chi connectivity index (χ1) is 9.07. The predicted molar refractivity (Wildman–Crippen MR) is 71.1 cm³/mol. The first-order valence-corrected chi connectivity index (χ1v) is 6.90. The lowest BCUT2D eigenvalue weighted by Gasteiger charge is -2.31. The highest BCUT2D eigenvalue weighted by molar-refractivity contribution is 5.82. The number of hydrogen-bond donors (Lipinski definition) is 1. The maximum Gasteiger partial charge on any atom is 0.326 e. The van der Waals surface area contributed by atoms with Crippen LogP contribution < -0.4 is 0 Å². The Morgan fingerprint density at radius 1 is 1.37 bits per heavy atom. The van der Waals surface area contributed by atoms with Crippen molar-refractivity contribution in [3.05, 3.63) is 0 Å². The zero-order valence-electron chi connectivity index (χ0n) is 11.8. The second-order valence-electron chi connectivity index (χ2n) is 4.80. The largest absolute Gasteiger partial charge is 0.480 e. The summed E-state index contributed by atoms with van der Waals surface area (Å²) in [5.74, 6) is -0.909. The molecular weight excluding hydrogens is 248 g/mol. The van der Waals surface area contributed by atoms with E-state index in [-0.39, 0.29) is 6.03 Å². The van der Waals surface area contributed by atoms with Gasteiger partial charge in [-0.3, -0.25) is 0 Å². The normalized spacial score (nSPS) is 19.9. The maximum atomic E-state index is 12.3. The quantitative estimate of drug-likeness (QED) is 0.768. The highest BCUT2D eigenvalue weighted by Crippen LogP contribution is 2.18. The van der Waals surface area contributed by atoms with Gasteiger partial charge in [-0.25, -0.2) is 9.59 Å². The molecule has 6 nitrogen and oxygen atoms in total. The summed E-state index contributed by atoms with van der Waals surface area (Å²) in [4.78, 5) is 26.6. The molecule has 1 rings (SSSR count). The molecule has 0 bridgehead atoms. The number of ether oxygens (including phenoxy) is 1. The molecule has 0 aromatic carbocycles. The van der Waals surface area contributed by atoms with Crippen molar-refractivity contribution in [1.29, 1.82) is 0 Å². The van der Waals surface area contributed by atoms with Gasteiger partial charge in [-0.1, -0.05) is 12.8 Å².